The third-order valence-corrected chi connectivity index (χ3v) is 3.48. The van der Waals surface area contributed by atoms with E-state index in [1.54, 1.807) is 4.68 Å². The highest BCUT2D eigenvalue weighted by Crippen LogP contribution is 2.31. The second-order valence-electron chi connectivity index (χ2n) is 5.29. The van der Waals surface area contributed by atoms with Crippen LogP contribution in [0, 0.1) is 11.6 Å². The summed E-state index contributed by atoms with van der Waals surface area (Å²) < 4.78 is 28.7. The van der Waals surface area contributed by atoms with Crippen LogP contribution in [0.5, 0.6) is 0 Å². The Morgan fingerprint density at radius 1 is 1.35 bits per heavy atom. The number of rotatable bonds is 2. The summed E-state index contributed by atoms with van der Waals surface area (Å²) in [6.45, 7) is 4.71. The first-order chi connectivity index (χ1) is 9.56. The van der Waals surface area contributed by atoms with E-state index in [1.165, 1.54) is 12.1 Å². The van der Waals surface area contributed by atoms with Gasteiger partial charge in [-0.3, -0.25) is 0 Å². The smallest absolute Gasteiger partial charge is 0.221 e. The van der Waals surface area contributed by atoms with E-state index in [4.69, 9.17) is 0 Å². The SMILES string of the molecule is CC(C)c1nc2n(n1)C(c1ccc(F)cc1F)CCN2. The second-order valence-corrected chi connectivity index (χ2v) is 5.29. The van der Waals surface area contributed by atoms with Crippen molar-refractivity contribution >= 4 is 5.95 Å². The van der Waals surface area contributed by atoms with Gasteiger partial charge in [0, 0.05) is 24.1 Å². The molecule has 0 saturated heterocycles. The van der Waals surface area contributed by atoms with Crippen LogP contribution in [0.2, 0.25) is 0 Å². The molecular formula is C14H16F2N4. The molecule has 0 radical (unpaired) electrons. The van der Waals surface area contributed by atoms with Crippen molar-refractivity contribution in [3.8, 4) is 0 Å². The van der Waals surface area contributed by atoms with E-state index in [9.17, 15) is 8.78 Å². The van der Waals surface area contributed by atoms with Crippen molar-refractivity contribution in [2.75, 3.05) is 11.9 Å². The van der Waals surface area contributed by atoms with Gasteiger partial charge in [0.25, 0.3) is 0 Å². The standard InChI is InChI=1S/C14H16F2N4/c1-8(2)13-18-14-17-6-5-12(20(14)19-13)10-4-3-9(15)7-11(10)16/h3-4,7-8,12H,5-6H2,1-2H3,(H,17,18,19). The van der Waals surface area contributed by atoms with Crippen molar-refractivity contribution in [1.29, 1.82) is 0 Å². The quantitative estimate of drug-likeness (QED) is 0.918. The molecule has 0 amide bonds. The largest absolute Gasteiger partial charge is 0.354 e. The number of hydrogen-bond donors (Lipinski definition) is 1. The van der Waals surface area contributed by atoms with Crippen LogP contribution in [0.3, 0.4) is 0 Å². The predicted molar refractivity (Wildman–Crippen MR) is 71.7 cm³/mol. The minimum Gasteiger partial charge on any atom is -0.354 e. The van der Waals surface area contributed by atoms with Gasteiger partial charge < -0.3 is 5.32 Å². The van der Waals surface area contributed by atoms with Gasteiger partial charge in [0.1, 0.15) is 11.6 Å². The topological polar surface area (TPSA) is 42.7 Å². The third-order valence-electron chi connectivity index (χ3n) is 3.48. The molecule has 106 valence electrons. The fourth-order valence-corrected chi connectivity index (χ4v) is 2.42. The van der Waals surface area contributed by atoms with Crippen LogP contribution in [0.4, 0.5) is 14.7 Å². The number of benzene rings is 1. The Kier molecular flexibility index (Phi) is 3.16. The molecule has 0 bridgehead atoms. The summed E-state index contributed by atoms with van der Waals surface area (Å²) >= 11 is 0. The predicted octanol–water partition coefficient (Wildman–Crippen LogP) is 3.08. The second kappa shape index (κ2) is 4.85. The summed E-state index contributed by atoms with van der Waals surface area (Å²) in [6.07, 6.45) is 0.691. The van der Waals surface area contributed by atoms with Crippen LogP contribution in [0.1, 0.15) is 43.6 Å². The molecule has 1 aromatic heterocycles. The van der Waals surface area contributed by atoms with Gasteiger partial charge >= 0.3 is 0 Å². The highest BCUT2D eigenvalue weighted by molar-refractivity contribution is 5.33. The molecule has 1 aliphatic rings. The minimum absolute atomic E-state index is 0.202. The molecule has 1 aromatic carbocycles. The first kappa shape index (κ1) is 13.0. The maximum absolute atomic E-state index is 14.0. The molecule has 6 heteroatoms. The minimum atomic E-state index is -0.568. The average molecular weight is 278 g/mol. The number of nitrogens with one attached hydrogen (secondary N) is 1. The highest BCUT2D eigenvalue weighted by Gasteiger charge is 2.27. The number of anilines is 1. The van der Waals surface area contributed by atoms with Crippen molar-refractivity contribution in [2.24, 2.45) is 0 Å². The van der Waals surface area contributed by atoms with Crippen molar-refractivity contribution in [3.63, 3.8) is 0 Å². The number of fused-ring (bicyclic) bond motifs is 1. The summed E-state index contributed by atoms with van der Waals surface area (Å²) in [5.41, 5.74) is 0.453. The average Bonchev–Trinajstić information content (AvgIpc) is 2.83. The van der Waals surface area contributed by atoms with Gasteiger partial charge in [0.05, 0.1) is 6.04 Å². The van der Waals surface area contributed by atoms with Gasteiger partial charge in [-0.05, 0) is 12.5 Å². The molecule has 1 aliphatic heterocycles. The highest BCUT2D eigenvalue weighted by atomic mass is 19.1. The number of hydrogen-bond acceptors (Lipinski definition) is 3. The van der Waals surface area contributed by atoms with Crippen LogP contribution in [-0.2, 0) is 0 Å². The zero-order valence-corrected chi connectivity index (χ0v) is 11.4. The van der Waals surface area contributed by atoms with Gasteiger partial charge in [-0.15, -0.1) is 0 Å². The van der Waals surface area contributed by atoms with Crippen LogP contribution in [0.15, 0.2) is 18.2 Å². The molecule has 2 aromatic rings. The Labute approximate surface area is 115 Å². The van der Waals surface area contributed by atoms with E-state index in [2.05, 4.69) is 15.4 Å². The summed E-state index contributed by atoms with van der Waals surface area (Å²) in [6, 6.07) is 3.44. The van der Waals surface area contributed by atoms with Gasteiger partial charge in [-0.1, -0.05) is 19.9 Å². The molecule has 0 saturated carbocycles. The van der Waals surface area contributed by atoms with Crippen LogP contribution >= 0.6 is 0 Å². The Bertz CT molecular complexity index is 636. The molecule has 1 N–H and O–H groups in total. The third kappa shape index (κ3) is 2.15. The molecular weight excluding hydrogens is 262 g/mol. The fourth-order valence-electron chi connectivity index (χ4n) is 2.42. The molecule has 1 atom stereocenters. The van der Waals surface area contributed by atoms with Crippen LogP contribution in [-0.4, -0.2) is 21.3 Å². The van der Waals surface area contributed by atoms with Gasteiger partial charge in [0.2, 0.25) is 5.95 Å². The molecule has 0 fully saturated rings. The Morgan fingerprint density at radius 3 is 2.85 bits per heavy atom. The van der Waals surface area contributed by atoms with Crippen LogP contribution < -0.4 is 5.32 Å². The number of halogens is 2. The fraction of sp³-hybridized carbons (Fsp3) is 0.429. The normalized spacial score (nSPS) is 17.9. The van der Waals surface area contributed by atoms with Crippen molar-refractivity contribution < 1.29 is 8.78 Å². The maximum atomic E-state index is 14.0. The summed E-state index contributed by atoms with van der Waals surface area (Å²) in [5, 5.41) is 7.62. The lowest BCUT2D eigenvalue weighted by molar-refractivity contribution is 0.450. The monoisotopic (exact) mass is 278 g/mol. The van der Waals surface area contributed by atoms with E-state index in [1.807, 2.05) is 13.8 Å². The van der Waals surface area contributed by atoms with E-state index in [0.717, 1.165) is 11.9 Å². The zero-order chi connectivity index (χ0) is 14.3. The van der Waals surface area contributed by atoms with E-state index >= 15 is 0 Å². The van der Waals surface area contributed by atoms with E-state index < -0.39 is 11.6 Å². The molecule has 1 unspecified atom stereocenters. The molecule has 0 aliphatic carbocycles. The van der Waals surface area contributed by atoms with E-state index in [0.29, 0.717) is 24.5 Å². The summed E-state index contributed by atoms with van der Waals surface area (Å²) in [7, 11) is 0. The maximum Gasteiger partial charge on any atom is 0.221 e. The molecule has 20 heavy (non-hydrogen) atoms. The lowest BCUT2D eigenvalue weighted by atomic mass is 10.0. The van der Waals surface area contributed by atoms with Crippen molar-refractivity contribution in [3.05, 3.63) is 41.2 Å². The molecule has 4 nitrogen and oxygen atoms in total. The van der Waals surface area contributed by atoms with Crippen LogP contribution in [0.25, 0.3) is 0 Å². The molecule has 0 spiro atoms. The Morgan fingerprint density at radius 2 is 2.15 bits per heavy atom. The van der Waals surface area contributed by atoms with Gasteiger partial charge in [0.15, 0.2) is 5.82 Å². The van der Waals surface area contributed by atoms with E-state index in [-0.39, 0.29) is 12.0 Å². The van der Waals surface area contributed by atoms with Gasteiger partial charge in [-0.2, -0.15) is 10.1 Å². The number of nitrogens with zero attached hydrogens (tertiary/aromatic N) is 3. The Hall–Kier alpha value is -1.98. The lowest BCUT2D eigenvalue weighted by Gasteiger charge is -2.25. The van der Waals surface area contributed by atoms with Crippen molar-refractivity contribution in [2.45, 2.75) is 32.2 Å². The molecule has 2 heterocycles. The molecule has 3 rings (SSSR count). The summed E-state index contributed by atoms with van der Waals surface area (Å²) in [4.78, 5) is 4.42. The summed E-state index contributed by atoms with van der Waals surface area (Å²) in [5.74, 6) is 0.468. The first-order valence-corrected chi connectivity index (χ1v) is 6.71. The first-order valence-electron chi connectivity index (χ1n) is 6.71. The number of aromatic nitrogens is 3. The van der Waals surface area contributed by atoms with Gasteiger partial charge in [-0.25, -0.2) is 13.5 Å². The lowest BCUT2D eigenvalue weighted by Crippen LogP contribution is -2.25. The Balaban J connectivity index is 2.05. The zero-order valence-electron chi connectivity index (χ0n) is 11.4. The van der Waals surface area contributed by atoms with Crippen molar-refractivity contribution in [1.82, 2.24) is 14.8 Å².